The van der Waals surface area contributed by atoms with Crippen LogP contribution in [-0.2, 0) is 5.54 Å². The summed E-state index contributed by atoms with van der Waals surface area (Å²) in [6.07, 6.45) is 6.07. The zero-order chi connectivity index (χ0) is 44.2. The van der Waals surface area contributed by atoms with Crippen LogP contribution in [0.3, 0.4) is 0 Å². The highest BCUT2D eigenvalue weighted by Gasteiger charge is 2.55. The molecule has 9 aromatic rings. The first kappa shape index (κ1) is 38.6. The van der Waals surface area contributed by atoms with E-state index in [2.05, 4.69) is 58.5 Å². The molecule has 9 nitrogen and oxygen atoms in total. The number of hydrazone groups is 1. The van der Waals surface area contributed by atoms with Crippen molar-refractivity contribution in [3.63, 3.8) is 0 Å². The molecule has 6 heterocycles. The number of fused-ring (bicyclic) bond motifs is 7. The van der Waals surface area contributed by atoms with Crippen molar-refractivity contribution in [1.29, 1.82) is 0 Å². The lowest BCUT2D eigenvalue weighted by Gasteiger charge is -2.45. The number of benzene rings is 6. The van der Waals surface area contributed by atoms with Gasteiger partial charge in [0.1, 0.15) is 5.69 Å². The van der Waals surface area contributed by atoms with E-state index in [-0.39, 0.29) is 10.6 Å². The van der Waals surface area contributed by atoms with E-state index in [4.69, 9.17) is 10.1 Å². The van der Waals surface area contributed by atoms with Gasteiger partial charge in [-0.2, -0.15) is 5.10 Å². The predicted octanol–water partition coefficient (Wildman–Crippen LogP) is 10.3. The zero-order valence-corrected chi connectivity index (χ0v) is 35.4. The lowest BCUT2D eigenvalue weighted by atomic mass is 9.80. The molecular formula is C57H39N7O2. The van der Waals surface area contributed by atoms with Crippen molar-refractivity contribution in [2.45, 2.75) is 5.54 Å². The minimum Gasteiger partial charge on any atom is -0.356 e. The number of anilines is 1. The monoisotopic (exact) mass is 853 g/mol. The highest BCUT2D eigenvalue weighted by Crippen LogP contribution is 2.53. The molecule has 6 aromatic carbocycles. The van der Waals surface area contributed by atoms with Crippen LogP contribution >= 0.6 is 0 Å². The van der Waals surface area contributed by atoms with Crippen LogP contribution in [0.1, 0.15) is 50.5 Å². The Balaban J connectivity index is 1.33. The predicted molar refractivity (Wildman–Crippen MR) is 262 cm³/mol. The average Bonchev–Trinajstić information content (AvgIpc) is 4.22. The van der Waals surface area contributed by atoms with Crippen LogP contribution in [-0.4, -0.2) is 31.0 Å². The number of hydrogen-bond acceptors (Lipinski definition) is 5. The summed E-state index contributed by atoms with van der Waals surface area (Å²) in [5, 5.41) is 23.7. The minimum atomic E-state index is -1.46. The maximum absolute atomic E-state index is 14.6. The summed E-state index contributed by atoms with van der Waals surface area (Å²) in [6, 6.07) is 68.3. The van der Waals surface area contributed by atoms with Crippen LogP contribution < -0.4 is 15.7 Å². The van der Waals surface area contributed by atoms with Gasteiger partial charge in [-0.05, 0) is 70.8 Å². The fraction of sp³-hybridized carbons (Fsp3) is 0.0175. The molecule has 0 saturated heterocycles. The largest absolute Gasteiger partial charge is 0.356 e. The van der Waals surface area contributed by atoms with E-state index >= 15 is 0 Å². The molecule has 1 unspecified atom stereocenters. The number of hydrogen-bond donors (Lipinski definition) is 2. The Bertz CT molecular complexity index is 3590. The molecule has 9 heteroatoms. The third-order valence-electron chi connectivity index (χ3n) is 12.6. The number of H-pyrrole nitrogens is 2. The molecule has 66 heavy (non-hydrogen) atoms. The van der Waals surface area contributed by atoms with E-state index in [1.165, 1.54) is 0 Å². The number of nitrogens with zero attached hydrogens (tertiary/aromatic N) is 5. The van der Waals surface area contributed by atoms with Gasteiger partial charge in [-0.3, -0.25) is 14.7 Å². The van der Waals surface area contributed by atoms with E-state index in [9.17, 15) is 10.1 Å². The molecule has 0 aliphatic carbocycles. The van der Waals surface area contributed by atoms with Crippen LogP contribution in [0.25, 0.3) is 16.7 Å². The van der Waals surface area contributed by atoms with E-state index in [1.807, 2.05) is 186 Å². The second kappa shape index (κ2) is 15.6. The number of rotatable bonds is 7. The maximum atomic E-state index is 14.6. The van der Waals surface area contributed by atoms with E-state index in [1.54, 1.807) is 0 Å². The van der Waals surface area contributed by atoms with Crippen molar-refractivity contribution in [1.82, 2.24) is 14.5 Å². The molecule has 314 valence electrons. The third kappa shape index (κ3) is 6.09. The van der Waals surface area contributed by atoms with Crippen molar-refractivity contribution >= 4 is 39.6 Å². The molecule has 0 radical (unpaired) electrons. The maximum Gasteiger partial charge on any atom is 0.301 e. The Labute approximate surface area is 379 Å². The summed E-state index contributed by atoms with van der Waals surface area (Å²) in [4.78, 5) is 27.5. The average molecular weight is 854 g/mol. The second-order valence-electron chi connectivity index (χ2n) is 16.4. The first-order chi connectivity index (χ1) is 32.6. The van der Waals surface area contributed by atoms with Gasteiger partial charge in [-0.15, -0.1) is 0 Å². The van der Waals surface area contributed by atoms with Crippen molar-refractivity contribution in [2.24, 2.45) is 10.1 Å². The van der Waals surface area contributed by atoms with E-state index in [0.29, 0.717) is 33.7 Å². The van der Waals surface area contributed by atoms with Crippen molar-refractivity contribution in [3.05, 3.63) is 302 Å². The third-order valence-corrected chi connectivity index (χ3v) is 12.6. The van der Waals surface area contributed by atoms with Gasteiger partial charge in [-0.25, -0.2) is 10.0 Å². The summed E-state index contributed by atoms with van der Waals surface area (Å²) in [5.41, 5.74) is 9.83. The molecule has 12 rings (SSSR count). The smallest absolute Gasteiger partial charge is 0.301 e. The highest BCUT2D eigenvalue weighted by molar-refractivity contribution is 6.30. The quantitative estimate of drug-likeness (QED) is 0.123. The van der Waals surface area contributed by atoms with E-state index in [0.717, 1.165) is 67.1 Å². The van der Waals surface area contributed by atoms with Crippen LogP contribution in [0.4, 0.5) is 11.4 Å². The van der Waals surface area contributed by atoms with Crippen LogP contribution in [0.15, 0.2) is 240 Å². The lowest BCUT2D eigenvalue weighted by Crippen LogP contribution is -2.52. The number of nitrogens with one attached hydrogen (secondary N) is 2. The minimum absolute atomic E-state index is 0.0543. The van der Waals surface area contributed by atoms with Crippen molar-refractivity contribution < 1.29 is 4.92 Å². The molecule has 0 amide bonds. The van der Waals surface area contributed by atoms with Gasteiger partial charge < -0.3 is 9.97 Å². The molecule has 8 bridgehead atoms. The van der Waals surface area contributed by atoms with Gasteiger partial charge in [-0.1, -0.05) is 170 Å². The number of aromatic amines is 2. The second-order valence-corrected chi connectivity index (χ2v) is 16.4. The molecule has 0 fully saturated rings. The lowest BCUT2D eigenvalue weighted by molar-refractivity contribution is -0.386. The molecule has 0 spiro atoms. The highest BCUT2D eigenvalue weighted by atomic mass is 16.6. The number of allylic oxidation sites excluding steroid dienone is 2. The SMILES string of the molecule is O=[N+]([O-])c1c2cn3c1C(c1ccccc1)(c1ccc([nH]1)/C(c1ccccc1)=C1/C=CC(=N1)/C(c1ccccc1)=c1/cc/c([nH]1)=C/2c1ccccc1)N(c1ccccc1)N=C3c1ccccc1. The summed E-state index contributed by atoms with van der Waals surface area (Å²) >= 11 is 0. The molecule has 3 aliphatic rings. The molecular weight excluding hydrogens is 815 g/mol. The fourth-order valence-electron chi connectivity index (χ4n) is 9.87. The Morgan fingerprint density at radius 3 is 1.67 bits per heavy atom. The van der Waals surface area contributed by atoms with Gasteiger partial charge >= 0.3 is 5.69 Å². The van der Waals surface area contributed by atoms with Gasteiger partial charge in [0.2, 0.25) is 0 Å². The molecule has 1 atom stereocenters. The fourth-order valence-corrected chi connectivity index (χ4v) is 9.87. The van der Waals surface area contributed by atoms with Gasteiger partial charge in [0.25, 0.3) is 0 Å². The Morgan fingerprint density at radius 2 is 1.06 bits per heavy atom. The summed E-state index contributed by atoms with van der Waals surface area (Å²) in [5.74, 6) is 0.532. The first-order valence-corrected chi connectivity index (χ1v) is 21.8. The topological polar surface area (TPSA) is 108 Å². The van der Waals surface area contributed by atoms with E-state index < -0.39 is 5.54 Å². The first-order valence-electron chi connectivity index (χ1n) is 21.8. The van der Waals surface area contributed by atoms with Gasteiger partial charge in [0, 0.05) is 44.9 Å². The number of aromatic nitrogens is 3. The number of aliphatic imine (C=N–C) groups is 1. The number of para-hydroxylation sites is 1. The summed E-state index contributed by atoms with van der Waals surface area (Å²) < 4.78 is 1.95. The summed E-state index contributed by atoms with van der Waals surface area (Å²) in [7, 11) is 0. The standard InChI is InChI=1S/C57H39N7O2/c65-64(66)54-44-37-62-55(54)57(42-27-15-5-16-28-42,63(43-29-17-6-18-30-43)61-56(62)41-25-13-4-14-26-41)50-36-35-49(60-50)53(40-23-11-3-12-24-40)48-34-33-47(59-48)52(39-21-9-2-10-22-39)46-32-31-45(58-46)51(44)38-19-7-1-8-20-38/h1-37,58,60H/b51-45-,52-46-,53-48-. The Hall–Kier alpha value is -9.08. The van der Waals surface area contributed by atoms with Crippen LogP contribution in [0.5, 0.6) is 0 Å². The normalized spacial score (nSPS) is 19.1. The Kier molecular flexibility index (Phi) is 9.13. The van der Waals surface area contributed by atoms with Crippen molar-refractivity contribution in [2.75, 3.05) is 5.01 Å². The van der Waals surface area contributed by atoms with Crippen molar-refractivity contribution in [3.8, 4) is 0 Å². The molecule has 2 N–H and O–H groups in total. The van der Waals surface area contributed by atoms with Crippen LogP contribution in [0, 0.1) is 10.1 Å². The molecule has 3 aliphatic heterocycles. The number of nitro groups is 1. The zero-order valence-electron chi connectivity index (χ0n) is 35.4. The van der Waals surface area contributed by atoms with Gasteiger partial charge in [0.05, 0.1) is 33.3 Å². The van der Waals surface area contributed by atoms with Gasteiger partial charge in [0.15, 0.2) is 11.4 Å². The molecule has 3 aromatic heterocycles. The summed E-state index contributed by atoms with van der Waals surface area (Å²) in [6.45, 7) is 0. The Morgan fingerprint density at radius 1 is 0.530 bits per heavy atom. The molecule has 0 saturated carbocycles. The van der Waals surface area contributed by atoms with Crippen LogP contribution in [0.2, 0.25) is 0 Å².